The average Bonchev–Trinajstić information content (AvgIpc) is 2.55. The largest absolute Gasteiger partial charge is 0.441 e. The Labute approximate surface area is 104 Å². The Hall–Kier alpha value is 0.0600. The van der Waals surface area contributed by atoms with Crippen LogP contribution in [0.25, 0.3) is 0 Å². The maximum absolute atomic E-state index is 12.0. The Morgan fingerprint density at radius 2 is 1.82 bits per heavy atom. The van der Waals surface area contributed by atoms with E-state index in [0.717, 1.165) is 12.8 Å². The lowest BCUT2D eigenvalue weighted by Gasteiger charge is -2.35. The van der Waals surface area contributed by atoms with Crippen LogP contribution in [0.15, 0.2) is 0 Å². The molecule has 0 aromatic rings. The van der Waals surface area contributed by atoms with Crippen LogP contribution in [-0.2, 0) is 0 Å². The Balaban J connectivity index is 1.71. The normalized spacial score (nSPS) is 33.4. The van der Waals surface area contributed by atoms with Gasteiger partial charge in [-0.25, -0.2) is 0 Å². The summed E-state index contributed by atoms with van der Waals surface area (Å²) in [5.74, 6) is 0.138. The number of piperidine rings is 1. The molecule has 0 aromatic carbocycles. The van der Waals surface area contributed by atoms with Crippen LogP contribution in [-0.4, -0.2) is 47.9 Å². The van der Waals surface area contributed by atoms with Gasteiger partial charge < -0.3 is 10.2 Å². The summed E-state index contributed by atoms with van der Waals surface area (Å²) < 4.78 is 36.1. The molecule has 2 rings (SSSR count). The molecule has 0 amide bonds. The molecule has 2 bridgehead atoms. The molecule has 100 valence electrons. The first-order chi connectivity index (χ1) is 7.94. The van der Waals surface area contributed by atoms with Gasteiger partial charge in [0.05, 0.1) is 0 Å². The van der Waals surface area contributed by atoms with E-state index in [0.29, 0.717) is 24.7 Å². The van der Waals surface area contributed by atoms with Crippen molar-refractivity contribution in [3.8, 4) is 0 Å². The van der Waals surface area contributed by atoms with Gasteiger partial charge in [0.15, 0.2) is 0 Å². The molecular weight excluding hydrogens is 249 g/mol. The summed E-state index contributed by atoms with van der Waals surface area (Å²) in [4.78, 5) is 2.10. The first-order valence-electron chi connectivity index (χ1n) is 6.11. The van der Waals surface area contributed by atoms with Crippen LogP contribution in [0.2, 0.25) is 0 Å². The van der Waals surface area contributed by atoms with E-state index in [1.54, 1.807) is 0 Å². The third-order valence-corrected chi connectivity index (χ3v) is 4.50. The molecule has 2 saturated heterocycles. The van der Waals surface area contributed by atoms with Crippen molar-refractivity contribution < 1.29 is 13.2 Å². The highest BCUT2D eigenvalue weighted by molar-refractivity contribution is 8.00. The van der Waals surface area contributed by atoms with E-state index in [-0.39, 0.29) is 17.5 Å². The molecule has 2 aliphatic heterocycles. The Bertz CT molecular complexity index is 248. The first kappa shape index (κ1) is 13.5. The number of thioether (sulfide) groups is 1. The van der Waals surface area contributed by atoms with Gasteiger partial charge in [-0.05, 0) is 44.5 Å². The van der Waals surface area contributed by atoms with Crippen LogP contribution in [0.1, 0.15) is 25.7 Å². The fourth-order valence-corrected chi connectivity index (χ4v) is 3.49. The number of nitrogens with zero attached hydrogens (tertiary/aromatic N) is 1. The van der Waals surface area contributed by atoms with E-state index in [1.165, 1.54) is 12.8 Å². The molecule has 0 radical (unpaired) electrons. The minimum atomic E-state index is -4.09. The van der Waals surface area contributed by atoms with E-state index in [2.05, 4.69) is 10.2 Å². The number of hydrogen-bond acceptors (Lipinski definition) is 3. The average molecular weight is 268 g/mol. The van der Waals surface area contributed by atoms with Crippen LogP contribution in [0.3, 0.4) is 0 Å². The van der Waals surface area contributed by atoms with Crippen molar-refractivity contribution in [3.63, 3.8) is 0 Å². The summed E-state index contributed by atoms with van der Waals surface area (Å²) >= 11 is 0.0858. The van der Waals surface area contributed by atoms with Gasteiger partial charge in [0.2, 0.25) is 0 Å². The lowest BCUT2D eigenvalue weighted by atomic mass is 9.99. The van der Waals surface area contributed by atoms with Gasteiger partial charge >= 0.3 is 5.51 Å². The molecule has 0 saturated carbocycles. The Morgan fingerprint density at radius 1 is 1.24 bits per heavy atom. The second-order valence-corrected chi connectivity index (χ2v) is 6.20. The monoisotopic (exact) mass is 268 g/mol. The second-order valence-electron chi connectivity index (χ2n) is 5.04. The molecule has 0 aromatic heterocycles. The number of fused-ring (bicyclic) bond motifs is 2. The van der Waals surface area contributed by atoms with E-state index >= 15 is 0 Å². The van der Waals surface area contributed by atoms with Crippen molar-refractivity contribution in [1.29, 1.82) is 0 Å². The molecule has 2 unspecified atom stereocenters. The lowest BCUT2D eigenvalue weighted by Crippen LogP contribution is -2.47. The lowest BCUT2D eigenvalue weighted by molar-refractivity contribution is -0.0329. The fourth-order valence-electron chi connectivity index (χ4n) is 2.88. The zero-order valence-corrected chi connectivity index (χ0v) is 10.8. The maximum Gasteiger partial charge on any atom is 0.441 e. The number of rotatable bonds is 4. The number of nitrogens with one attached hydrogen (secondary N) is 1. The summed E-state index contributed by atoms with van der Waals surface area (Å²) in [6.07, 6.45) is 4.63. The van der Waals surface area contributed by atoms with E-state index in [9.17, 15) is 13.2 Å². The van der Waals surface area contributed by atoms with E-state index < -0.39 is 5.51 Å². The molecule has 2 fully saturated rings. The maximum atomic E-state index is 12.0. The molecule has 0 aliphatic carbocycles. The van der Waals surface area contributed by atoms with Crippen molar-refractivity contribution in [2.45, 2.75) is 49.3 Å². The van der Waals surface area contributed by atoms with Crippen molar-refractivity contribution in [3.05, 3.63) is 0 Å². The molecular formula is C11H19F3N2S. The molecule has 1 N–H and O–H groups in total. The Morgan fingerprint density at radius 3 is 2.35 bits per heavy atom. The summed E-state index contributed by atoms with van der Waals surface area (Å²) in [6, 6.07) is 1.65. The van der Waals surface area contributed by atoms with E-state index in [4.69, 9.17) is 0 Å². The molecule has 2 aliphatic rings. The predicted octanol–water partition coefficient (Wildman–Crippen LogP) is 2.45. The molecule has 0 spiro atoms. The third kappa shape index (κ3) is 4.03. The van der Waals surface area contributed by atoms with Gasteiger partial charge in [-0.15, -0.1) is 0 Å². The molecule has 2 atom stereocenters. The van der Waals surface area contributed by atoms with Crippen LogP contribution in [0, 0.1) is 0 Å². The standard InChI is InChI=1S/C11H19F3N2S/c1-16(4-5-17-11(12,13)14)10-6-8-2-3-9(7-10)15-8/h8-10,15H,2-7H2,1H3. The highest BCUT2D eigenvalue weighted by Gasteiger charge is 2.35. The molecule has 6 heteroatoms. The van der Waals surface area contributed by atoms with Crippen LogP contribution in [0.5, 0.6) is 0 Å². The zero-order valence-electron chi connectivity index (χ0n) is 9.96. The molecule has 2 nitrogen and oxygen atoms in total. The number of hydrogen-bond donors (Lipinski definition) is 1. The van der Waals surface area contributed by atoms with Gasteiger partial charge in [-0.1, -0.05) is 0 Å². The van der Waals surface area contributed by atoms with Crippen molar-refractivity contribution in [2.24, 2.45) is 0 Å². The van der Waals surface area contributed by atoms with Crippen molar-refractivity contribution >= 4 is 11.8 Å². The highest BCUT2D eigenvalue weighted by Crippen LogP contribution is 2.31. The van der Waals surface area contributed by atoms with Gasteiger partial charge in [0.1, 0.15) is 0 Å². The van der Waals surface area contributed by atoms with Crippen molar-refractivity contribution in [1.82, 2.24) is 10.2 Å². The minimum absolute atomic E-state index is 0.0858. The molecule has 17 heavy (non-hydrogen) atoms. The van der Waals surface area contributed by atoms with Crippen LogP contribution in [0.4, 0.5) is 13.2 Å². The fraction of sp³-hybridized carbons (Fsp3) is 1.00. The third-order valence-electron chi connectivity index (χ3n) is 3.78. The minimum Gasteiger partial charge on any atom is -0.311 e. The summed E-state index contributed by atoms with van der Waals surface area (Å²) in [5, 5.41) is 3.54. The number of alkyl halides is 3. The van der Waals surface area contributed by atoms with Crippen LogP contribution < -0.4 is 5.32 Å². The Kier molecular flexibility index (Phi) is 4.26. The quantitative estimate of drug-likeness (QED) is 0.843. The second kappa shape index (κ2) is 5.36. The zero-order chi connectivity index (χ0) is 12.5. The van der Waals surface area contributed by atoms with Crippen LogP contribution >= 0.6 is 11.8 Å². The summed E-state index contributed by atoms with van der Waals surface area (Å²) in [5.41, 5.74) is -4.09. The van der Waals surface area contributed by atoms with E-state index in [1.807, 2.05) is 7.05 Å². The van der Waals surface area contributed by atoms with Gasteiger partial charge in [-0.3, -0.25) is 0 Å². The smallest absolute Gasteiger partial charge is 0.311 e. The van der Waals surface area contributed by atoms with Gasteiger partial charge in [0, 0.05) is 30.4 Å². The number of halogens is 3. The van der Waals surface area contributed by atoms with Gasteiger partial charge in [0.25, 0.3) is 0 Å². The SMILES string of the molecule is CN(CCSC(F)(F)F)C1CC2CCC(C1)N2. The predicted molar refractivity (Wildman–Crippen MR) is 64.1 cm³/mol. The summed E-state index contributed by atoms with van der Waals surface area (Å²) in [7, 11) is 1.95. The first-order valence-corrected chi connectivity index (χ1v) is 7.09. The van der Waals surface area contributed by atoms with Gasteiger partial charge in [-0.2, -0.15) is 13.2 Å². The molecule has 2 heterocycles. The summed E-state index contributed by atoms with van der Waals surface area (Å²) in [6.45, 7) is 0.522. The topological polar surface area (TPSA) is 15.3 Å². The highest BCUT2D eigenvalue weighted by atomic mass is 32.2. The van der Waals surface area contributed by atoms with Crippen molar-refractivity contribution in [2.75, 3.05) is 19.3 Å².